The van der Waals surface area contributed by atoms with Crippen LogP contribution in [-0.4, -0.2) is 29.9 Å². The van der Waals surface area contributed by atoms with E-state index in [4.69, 9.17) is 8.84 Å². The second-order valence-electron chi connectivity index (χ2n) is 9.04. The summed E-state index contributed by atoms with van der Waals surface area (Å²) in [5, 5.41) is 4.34. The lowest BCUT2D eigenvalue weighted by atomic mass is 10.2. The largest absolute Gasteiger partial charge is 0.444 e. The minimum Gasteiger partial charge on any atom is -0.444 e. The van der Waals surface area contributed by atoms with Crippen molar-refractivity contribution in [2.75, 3.05) is 13.2 Å². The molecule has 30 heavy (non-hydrogen) atoms. The maximum atomic E-state index is 12.8. The van der Waals surface area contributed by atoms with Gasteiger partial charge in [-0.2, -0.15) is 0 Å². The predicted octanol–water partition coefficient (Wildman–Crippen LogP) is 5.38. The van der Waals surface area contributed by atoms with E-state index in [1.54, 1.807) is 36.4 Å². The summed E-state index contributed by atoms with van der Waals surface area (Å²) in [5.41, 5.74) is 1.61. The molecule has 1 N–H and O–H groups in total. The smallest absolute Gasteiger partial charge is 0.239 e. The van der Waals surface area contributed by atoms with Crippen LogP contribution in [0.25, 0.3) is 11.0 Å². The van der Waals surface area contributed by atoms with E-state index >= 15 is 0 Å². The molecule has 0 saturated carbocycles. The van der Waals surface area contributed by atoms with Crippen LogP contribution in [0.3, 0.4) is 0 Å². The van der Waals surface area contributed by atoms with Crippen molar-refractivity contribution in [3.8, 4) is 0 Å². The Balaban J connectivity index is 1.63. The minimum absolute atomic E-state index is 0.0309. The molecule has 1 heterocycles. The van der Waals surface area contributed by atoms with Crippen molar-refractivity contribution in [3.05, 3.63) is 60.2 Å². The Morgan fingerprint density at radius 3 is 2.40 bits per heavy atom. The molecule has 0 atom stereocenters. The van der Waals surface area contributed by atoms with E-state index in [1.807, 2.05) is 18.2 Å². The quantitative estimate of drug-likeness (QED) is 0.372. The van der Waals surface area contributed by atoms with Crippen LogP contribution >= 0.6 is 0 Å². The summed E-state index contributed by atoms with van der Waals surface area (Å²) in [5.74, 6) is 0. The van der Waals surface area contributed by atoms with Crippen molar-refractivity contribution >= 4 is 29.1 Å². The van der Waals surface area contributed by atoms with Crippen LogP contribution in [0.15, 0.2) is 69.0 Å². The van der Waals surface area contributed by atoms with Crippen LogP contribution in [-0.2, 0) is 20.8 Å². The number of fused-ring (bicyclic) bond motifs is 1. The number of benzene rings is 2. The normalized spacial score (nSPS) is 13.1. The van der Waals surface area contributed by atoms with Gasteiger partial charge in [-0.25, -0.2) is 8.42 Å². The fraction of sp³-hybridized carbons (Fsp3) is 0.391. The Morgan fingerprint density at radius 1 is 1.03 bits per heavy atom. The molecule has 0 saturated heterocycles. The lowest BCUT2D eigenvalue weighted by molar-refractivity contribution is 0.285. The summed E-state index contributed by atoms with van der Waals surface area (Å²) >= 11 is 0. The van der Waals surface area contributed by atoms with Gasteiger partial charge in [0, 0.05) is 31.1 Å². The molecule has 0 unspecified atom stereocenters. The number of rotatable bonds is 8. The molecule has 0 aliphatic carbocycles. The van der Waals surface area contributed by atoms with Gasteiger partial charge in [0.2, 0.25) is 14.9 Å². The van der Waals surface area contributed by atoms with Gasteiger partial charge in [-0.1, -0.05) is 51.1 Å². The van der Waals surface area contributed by atoms with E-state index in [-0.39, 0.29) is 15.0 Å². The number of hydrogen-bond acceptors (Lipinski definition) is 5. The Kier molecular flexibility index (Phi) is 6.57. The Labute approximate surface area is 180 Å². The van der Waals surface area contributed by atoms with Crippen LogP contribution in [0.5, 0.6) is 0 Å². The average Bonchev–Trinajstić information content (AvgIpc) is 3.12. The second-order valence-corrected chi connectivity index (χ2v) is 15.7. The molecule has 0 aliphatic heterocycles. The first-order chi connectivity index (χ1) is 14.0. The summed E-state index contributed by atoms with van der Waals surface area (Å²) in [6, 6.07) is 15.7. The molecule has 162 valence electrons. The molecule has 0 aliphatic rings. The van der Waals surface area contributed by atoms with Crippen molar-refractivity contribution in [1.29, 1.82) is 0 Å². The molecule has 0 bridgehead atoms. The monoisotopic (exact) mass is 445 g/mol. The third kappa shape index (κ3) is 5.03. The maximum absolute atomic E-state index is 12.8. The number of sulfone groups is 1. The standard InChI is InChI=1S/C23H31NO4SSi/c1-23(2,3)30(4,5)27-14-13-24-17-18-11-12-19-16-22(28-21(19)15-18)29(25,26)20-9-7-6-8-10-20/h6-12,15-16,24H,13-14,17H2,1-5H3. The zero-order chi connectivity index (χ0) is 22.0. The summed E-state index contributed by atoms with van der Waals surface area (Å²) in [7, 11) is -5.38. The zero-order valence-corrected chi connectivity index (χ0v) is 20.2. The van der Waals surface area contributed by atoms with Crippen LogP contribution < -0.4 is 5.32 Å². The Bertz CT molecular complexity index is 1100. The van der Waals surface area contributed by atoms with Crippen LogP contribution in [0.1, 0.15) is 26.3 Å². The lowest BCUT2D eigenvalue weighted by Crippen LogP contribution is -2.42. The first-order valence-corrected chi connectivity index (χ1v) is 14.6. The Hall–Kier alpha value is -1.93. The third-order valence-electron chi connectivity index (χ3n) is 5.76. The van der Waals surface area contributed by atoms with Gasteiger partial charge in [-0.3, -0.25) is 0 Å². The lowest BCUT2D eigenvalue weighted by Gasteiger charge is -2.36. The molecule has 0 amide bonds. The fourth-order valence-corrected chi connectivity index (χ4v) is 5.11. The molecular formula is C23H31NO4SSi. The topological polar surface area (TPSA) is 68.5 Å². The van der Waals surface area contributed by atoms with Gasteiger partial charge >= 0.3 is 0 Å². The summed E-state index contributed by atoms with van der Waals surface area (Å²) in [6.07, 6.45) is 0. The van der Waals surface area contributed by atoms with E-state index < -0.39 is 18.2 Å². The molecule has 0 spiro atoms. The van der Waals surface area contributed by atoms with Crippen LogP contribution in [0.2, 0.25) is 18.1 Å². The molecule has 0 radical (unpaired) electrons. The van der Waals surface area contributed by atoms with Gasteiger partial charge in [-0.15, -0.1) is 0 Å². The van der Waals surface area contributed by atoms with E-state index in [9.17, 15) is 8.42 Å². The van der Waals surface area contributed by atoms with Gasteiger partial charge in [0.05, 0.1) is 4.90 Å². The predicted molar refractivity (Wildman–Crippen MR) is 123 cm³/mol. The summed E-state index contributed by atoms with van der Waals surface area (Å²) in [6.45, 7) is 13.3. The van der Waals surface area contributed by atoms with Crippen molar-refractivity contribution in [2.45, 2.75) is 55.4 Å². The first-order valence-electron chi connectivity index (χ1n) is 10.2. The second kappa shape index (κ2) is 8.67. The van der Waals surface area contributed by atoms with Gasteiger partial charge < -0.3 is 14.2 Å². The van der Waals surface area contributed by atoms with Gasteiger partial charge in [0.15, 0.2) is 8.32 Å². The van der Waals surface area contributed by atoms with E-state index in [0.717, 1.165) is 17.5 Å². The van der Waals surface area contributed by atoms with Gasteiger partial charge in [-0.05, 0) is 41.9 Å². The van der Waals surface area contributed by atoms with Crippen molar-refractivity contribution in [1.82, 2.24) is 5.32 Å². The van der Waals surface area contributed by atoms with Crippen LogP contribution in [0, 0.1) is 0 Å². The molecule has 1 aromatic heterocycles. The third-order valence-corrected chi connectivity index (χ3v) is 11.9. The highest BCUT2D eigenvalue weighted by Gasteiger charge is 2.36. The summed E-state index contributed by atoms with van der Waals surface area (Å²) in [4.78, 5) is 0.229. The molecule has 3 aromatic rings. The Morgan fingerprint density at radius 2 is 1.73 bits per heavy atom. The van der Waals surface area contributed by atoms with E-state index in [1.165, 1.54) is 0 Å². The molecule has 3 rings (SSSR count). The maximum Gasteiger partial charge on any atom is 0.239 e. The zero-order valence-electron chi connectivity index (χ0n) is 18.4. The SMILES string of the molecule is CC(C)(C)[Si](C)(C)OCCNCc1ccc2cc(S(=O)(=O)c3ccccc3)oc2c1. The highest BCUT2D eigenvalue weighted by molar-refractivity contribution is 7.91. The average molecular weight is 446 g/mol. The minimum atomic E-state index is -3.66. The van der Waals surface area contributed by atoms with E-state index in [2.05, 4.69) is 39.2 Å². The molecule has 0 fully saturated rings. The van der Waals surface area contributed by atoms with Crippen molar-refractivity contribution in [3.63, 3.8) is 0 Å². The molecule has 2 aromatic carbocycles. The summed E-state index contributed by atoms with van der Waals surface area (Å²) < 4.78 is 37.4. The van der Waals surface area contributed by atoms with Gasteiger partial charge in [0.1, 0.15) is 5.58 Å². The van der Waals surface area contributed by atoms with Crippen LogP contribution in [0.4, 0.5) is 0 Å². The highest BCUT2D eigenvalue weighted by Crippen LogP contribution is 2.36. The van der Waals surface area contributed by atoms with Crippen molar-refractivity contribution < 1.29 is 17.3 Å². The molecule has 7 heteroatoms. The highest BCUT2D eigenvalue weighted by atomic mass is 32.2. The van der Waals surface area contributed by atoms with Gasteiger partial charge in [0.25, 0.3) is 0 Å². The number of furan rings is 1. The molecular weight excluding hydrogens is 414 g/mol. The number of nitrogens with one attached hydrogen (secondary N) is 1. The fourth-order valence-electron chi connectivity index (χ4n) is 2.84. The van der Waals surface area contributed by atoms with Crippen molar-refractivity contribution in [2.24, 2.45) is 0 Å². The molecule has 5 nitrogen and oxygen atoms in total. The first kappa shape index (κ1) is 22.7. The number of hydrogen-bond donors (Lipinski definition) is 1. The van der Waals surface area contributed by atoms with E-state index in [0.29, 0.717) is 18.7 Å².